The second kappa shape index (κ2) is 5.58. The lowest BCUT2D eigenvalue weighted by Crippen LogP contribution is -2.51. The fourth-order valence-electron chi connectivity index (χ4n) is 2.19. The highest BCUT2D eigenvalue weighted by atomic mass is 32.2. The summed E-state index contributed by atoms with van der Waals surface area (Å²) in [6.45, 7) is 1.37. The van der Waals surface area contributed by atoms with Crippen LogP contribution in [0.15, 0.2) is 40.4 Å². The number of carbonyl (C=O) groups excluding carboxylic acids is 1. The zero-order valence-electron chi connectivity index (χ0n) is 11.1. The van der Waals surface area contributed by atoms with Crippen molar-refractivity contribution in [3.05, 3.63) is 36.2 Å². The van der Waals surface area contributed by atoms with Gasteiger partial charge >= 0.3 is 6.03 Å². The van der Waals surface area contributed by atoms with Crippen molar-refractivity contribution >= 4 is 27.4 Å². The van der Waals surface area contributed by atoms with Gasteiger partial charge in [0.1, 0.15) is 10.5 Å². The molecular weight excluding hydrogens is 312 g/mol. The number of sulfonamides is 1. The molecule has 2 aromatic heterocycles. The third-order valence-corrected chi connectivity index (χ3v) is 6.60. The van der Waals surface area contributed by atoms with Gasteiger partial charge in [0.05, 0.1) is 0 Å². The molecule has 0 unspecified atom stereocenters. The Morgan fingerprint density at radius 1 is 1.24 bits per heavy atom. The van der Waals surface area contributed by atoms with Crippen LogP contribution in [-0.2, 0) is 10.0 Å². The molecule has 1 saturated heterocycles. The molecule has 1 aliphatic rings. The fourth-order valence-corrected chi connectivity index (χ4v) is 4.76. The quantitative estimate of drug-likeness (QED) is 0.822. The van der Waals surface area contributed by atoms with E-state index in [1.165, 1.54) is 32.7 Å². The average molecular weight is 326 g/mol. The van der Waals surface area contributed by atoms with E-state index in [-0.39, 0.29) is 6.03 Å². The Labute approximate surface area is 126 Å². The Hall–Kier alpha value is -1.71. The van der Waals surface area contributed by atoms with Gasteiger partial charge in [-0.05, 0) is 11.4 Å². The van der Waals surface area contributed by atoms with E-state index in [2.05, 4.69) is 4.98 Å². The molecule has 21 heavy (non-hydrogen) atoms. The van der Waals surface area contributed by atoms with Crippen LogP contribution in [0.2, 0.25) is 0 Å². The first-order valence-corrected chi connectivity index (χ1v) is 8.72. The summed E-state index contributed by atoms with van der Waals surface area (Å²) in [6.07, 6.45) is 4.56. The monoisotopic (exact) mass is 326 g/mol. The summed E-state index contributed by atoms with van der Waals surface area (Å²) in [4.78, 5) is 17.6. The van der Waals surface area contributed by atoms with Gasteiger partial charge in [-0.1, -0.05) is 6.07 Å². The maximum Gasteiger partial charge on any atom is 0.329 e. The molecule has 9 heteroatoms. The summed E-state index contributed by atoms with van der Waals surface area (Å²) < 4.78 is 27.9. The van der Waals surface area contributed by atoms with Gasteiger partial charge < -0.3 is 4.90 Å². The molecule has 1 aliphatic heterocycles. The molecule has 0 spiro atoms. The fraction of sp³-hybridized carbons (Fsp3) is 0.333. The van der Waals surface area contributed by atoms with Crippen LogP contribution in [0, 0.1) is 0 Å². The minimum absolute atomic E-state index is 0.180. The zero-order valence-corrected chi connectivity index (χ0v) is 12.8. The number of imidazole rings is 1. The van der Waals surface area contributed by atoms with Crippen LogP contribution in [0.25, 0.3) is 0 Å². The van der Waals surface area contributed by atoms with Crippen LogP contribution in [0.4, 0.5) is 4.79 Å². The predicted molar refractivity (Wildman–Crippen MR) is 77.7 cm³/mol. The van der Waals surface area contributed by atoms with E-state index in [1.54, 1.807) is 28.6 Å². The minimum Gasteiger partial charge on any atom is -0.321 e. The number of thiophene rings is 1. The first-order valence-electron chi connectivity index (χ1n) is 6.40. The predicted octanol–water partition coefficient (Wildman–Crippen LogP) is 0.919. The smallest absolute Gasteiger partial charge is 0.321 e. The molecule has 0 atom stereocenters. The van der Waals surface area contributed by atoms with Gasteiger partial charge in [0.15, 0.2) is 0 Å². The molecule has 0 saturated carbocycles. The zero-order chi connectivity index (χ0) is 14.9. The molecule has 0 N–H and O–H groups in total. The summed E-state index contributed by atoms with van der Waals surface area (Å²) in [6, 6.07) is 3.14. The Bertz CT molecular complexity index is 702. The largest absolute Gasteiger partial charge is 0.329 e. The summed E-state index contributed by atoms with van der Waals surface area (Å²) >= 11 is 1.21. The number of carbonyl (C=O) groups is 1. The number of piperazine rings is 1. The van der Waals surface area contributed by atoms with E-state index >= 15 is 0 Å². The summed E-state index contributed by atoms with van der Waals surface area (Å²) in [7, 11) is -3.43. The van der Waals surface area contributed by atoms with Gasteiger partial charge in [-0.2, -0.15) is 4.31 Å². The van der Waals surface area contributed by atoms with E-state index in [0.29, 0.717) is 30.4 Å². The molecule has 7 nitrogen and oxygen atoms in total. The summed E-state index contributed by atoms with van der Waals surface area (Å²) in [5.41, 5.74) is 0. The maximum absolute atomic E-state index is 12.4. The van der Waals surface area contributed by atoms with Crippen LogP contribution in [0.3, 0.4) is 0 Å². The molecule has 3 heterocycles. The van der Waals surface area contributed by atoms with Crippen molar-refractivity contribution in [1.29, 1.82) is 0 Å². The van der Waals surface area contributed by atoms with Crippen LogP contribution < -0.4 is 0 Å². The third-order valence-electron chi connectivity index (χ3n) is 3.32. The highest BCUT2D eigenvalue weighted by Gasteiger charge is 2.30. The lowest BCUT2D eigenvalue weighted by Gasteiger charge is -2.33. The second-order valence-electron chi connectivity index (χ2n) is 4.58. The highest BCUT2D eigenvalue weighted by Crippen LogP contribution is 2.22. The summed E-state index contributed by atoms with van der Waals surface area (Å²) in [5.74, 6) is 0. The van der Waals surface area contributed by atoms with Gasteiger partial charge in [-0.15, -0.1) is 11.3 Å². The van der Waals surface area contributed by atoms with Crippen LogP contribution in [0.1, 0.15) is 0 Å². The van der Waals surface area contributed by atoms with Crippen molar-refractivity contribution in [3.8, 4) is 0 Å². The molecule has 1 amide bonds. The lowest BCUT2D eigenvalue weighted by atomic mass is 10.4. The van der Waals surface area contributed by atoms with Crippen molar-refractivity contribution in [1.82, 2.24) is 18.8 Å². The molecule has 0 radical (unpaired) electrons. The van der Waals surface area contributed by atoms with Crippen molar-refractivity contribution in [2.75, 3.05) is 26.2 Å². The van der Waals surface area contributed by atoms with Gasteiger partial charge in [0.2, 0.25) is 0 Å². The van der Waals surface area contributed by atoms with E-state index < -0.39 is 10.0 Å². The summed E-state index contributed by atoms with van der Waals surface area (Å²) in [5, 5.41) is 1.74. The minimum atomic E-state index is -3.43. The van der Waals surface area contributed by atoms with Gasteiger partial charge in [0.25, 0.3) is 10.0 Å². The number of hydrogen-bond donors (Lipinski definition) is 0. The number of hydrogen-bond acceptors (Lipinski definition) is 5. The van der Waals surface area contributed by atoms with Crippen LogP contribution in [0.5, 0.6) is 0 Å². The Kier molecular flexibility index (Phi) is 3.79. The first kappa shape index (κ1) is 14.2. The number of rotatable bonds is 2. The number of nitrogens with zero attached hydrogens (tertiary/aromatic N) is 4. The van der Waals surface area contributed by atoms with Crippen molar-refractivity contribution in [2.24, 2.45) is 0 Å². The van der Waals surface area contributed by atoms with E-state index in [0.717, 1.165) is 0 Å². The standard InChI is InChI=1S/C12H14N4O3S2/c17-12(15-4-3-13-10-15)14-5-7-16(8-6-14)21(18,19)11-2-1-9-20-11/h1-4,9-10H,5-8H2. The van der Waals surface area contributed by atoms with Gasteiger partial charge in [-0.3, -0.25) is 4.57 Å². The third kappa shape index (κ3) is 2.71. The highest BCUT2D eigenvalue weighted by molar-refractivity contribution is 7.91. The average Bonchev–Trinajstić information content (AvgIpc) is 3.19. The molecule has 0 bridgehead atoms. The molecule has 2 aromatic rings. The number of amides is 1. The normalized spacial score (nSPS) is 17.0. The Morgan fingerprint density at radius 3 is 2.57 bits per heavy atom. The van der Waals surface area contributed by atoms with Crippen LogP contribution in [-0.4, -0.2) is 59.4 Å². The first-order chi connectivity index (χ1) is 10.1. The van der Waals surface area contributed by atoms with Crippen molar-refractivity contribution in [2.45, 2.75) is 4.21 Å². The molecule has 0 aromatic carbocycles. The maximum atomic E-state index is 12.4. The van der Waals surface area contributed by atoms with Gasteiger partial charge in [-0.25, -0.2) is 18.2 Å². The van der Waals surface area contributed by atoms with E-state index in [4.69, 9.17) is 0 Å². The van der Waals surface area contributed by atoms with E-state index in [9.17, 15) is 13.2 Å². The molecule has 3 rings (SSSR count). The Morgan fingerprint density at radius 2 is 2.00 bits per heavy atom. The van der Waals surface area contributed by atoms with Crippen molar-refractivity contribution in [3.63, 3.8) is 0 Å². The lowest BCUT2D eigenvalue weighted by molar-refractivity contribution is 0.174. The molecule has 0 aliphatic carbocycles. The Balaban J connectivity index is 1.67. The number of aromatic nitrogens is 2. The van der Waals surface area contributed by atoms with E-state index in [1.807, 2.05) is 0 Å². The molecule has 112 valence electrons. The SMILES string of the molecule is O=C(N1CCN(S(=O)(=O)c2cccs2)CC1)n1ccnc1. The molecule has 1 fully saturated rings. The van der Waals surface area contributed by atoms with Crippen LogP contribution >= 0.6 is 11.3 Å². The topological polar surface area (TPSA) is 75.5 Å². The van der Waals surface area contributed by atoms with Crippen molar-refractivity contribution < 1.29 is 13.2 Å². The second-order valence-corrected chi connectivity index (χ2v) is 7.69. The van der Waals surface area contributed by atoms with Gasteiger partial charge in [0, 0.05) is 38.6 Å². The molecular formula is C12H14N4O3S2.